The summed E-state index contributed by atoms with van der Waals surface area (Å²) in [4.78, 5) is 12.5. The number of rotatable bonds is 5. The molecule has 0 saturated carbocycles. The molecular weight excluding hydrogens is 360 g/mol. The first-order valence-corrected chi connectivity index (χ1v) is 9.99. The number of sulfonamides is 1. The molecule has 2 aromatic rings. The smallest absolute Gasteiger partial charge is 0.253 e. The topological polar surface area (TPSA) is 75.3 Å². The summed E-state index contributed by atoms with van der Waals surface area (Å²) in [5.74, 6) is -0.316. The van der Waals surface area contributed by atoms with Crippen molar-refractivity contribution in [3.8, 4) is 0 Å². The molecule has 5 nitrogen and oxygen atoms in total. The largest absolute Gasteiger partial charge is 0.345 e. The van der Waals surface area contributed by atoms with Gasteiger partial charge in [-0.3, -0.25) is 9.52 Å². The molecule has 25 heavy (non-hydrogen) atoms. The van der Waals surface area contributed by atoms with Crippen LogP contribution >= 0.6 is 11.6 Å². The summed E-state index contributed by atoms with van der Waals surface area (Å²) in [7, 11) is -3.40. The van der Waals surface area contributed by atoms with Gasteiger partial charge >= 0.3 is 0 Å². The van der Waals surface area contributed by atoms with Crippen molar-refractivity contribution in [1.29, 1.82) is 0 Å². The summed E-state index contributed by atoms with van der Waals surface area (Å²) in [5.41, 5.74) is 3.90. The average Bonchev–Trinajstić information content (AvgIpc) is 2.45. The van der Waals surface area contributed by atoms with Crippen molar-refractivity contribution in [3.05, 3.63) is 63.7 Å². The molecule has 0 fully saturated rings. The summed E-state index contributed by atoms with van der Waals surface area (Å²) >= 11 is 6.14. The molecule has 2 rings (SSSR count). The van der Waals surface area contributed by atoms with E-state index in [0.29, 0.717) is 5.69 Å². The highest BCUT2D eigenvalue weighted by Crippen LogP contribution is 2.24. The van der Waals surface area contributed by atoms with E-state index in [1.165, 1.54) is 18.2 Å². The van der Waals surface area contributed by atoms with E-state index >= 15 is 0 Å². The molecule has 1 atom stereocenters. The van der Waals surface area contributed by atoms with Gasteiger partial charge in [0, 0.05) is 5.69 Å². The number of anilines is 1. The van der Waals surface area contributed by atoms with Crippen molar-refractivity contribution in [2.75, 3.05) is 11.0 Å². The van der Waals surface area contributed by atoms with Crippen LogP contribution in [-0.4, -0.2) is 20.6 Å². The van der Waals surface area contributed by atoms with E-state index < -0.39 is 10.0 Å². The fourth-order valence-corrected chi connectivity index (χ4v) is 3.46. The first-order chi connectivity index (χ1) is 11.6. The van der Waals surface area contributed by atoms with Gasteiger partial charge < -0.3 is 5.32 Å². The van der Waals surface area contributed by atoms with Crippen molar-refractivity contribution in [1.82, 2.24) is 5.32 Å². The second-order valence-corrected chi connectivity index (χ2v) is 8.28. The Morgan fingerprint density at radius 2 is 1.80 bits per heavy atom. The fourth-order valence-electron chi connectivity index (χ4n) is 2.64. The van der Waals surface area contributed by atoms with Gasteiger partial charge in [-0.2, -0.15) is 0 Å². The van der Waals surface area contributed by atoms with Gasteiger partial charge in [-0.05, 0) is 50.1 Å². The van der Waals surface area contributed by atoms with Gasteiger partial charge in [-0.15, -0.1) is 0 Å². The van der Waals surface area contributed by atoms with Crippen molar-refractivity contribution in [3.63, 3.8) is 0 Å². The van der Waals surface area contributed by atoms with Gasteiger partial charge in [-0.25, -0.2) is 8.42 Å². The summed E-state index contributed by atoms with van der Waals surface area (Å²) < 4.78 is 24.8. The second-order valence-electron chi connectivity index (χ2n) is 6.12. The highest BCUT2D eigenvalue weighted by Gasteiger charge is 2.16. The maximum Gasteiger partial charge on any atom is 0.253 e. The lowest BCUT2D eigenvalue weighted by atomic mass is 10.00. The van der Waals surface area contributed by atoms with Crippen molar-refractivity contribution >= 4 is 33.2 Å². The summed E-state index contributed by atoms with van der Waals surface area (Å²) in [6, 6.07) is 10.3. The molecule has 1 amide bonds. The molecule has 134 valence electrons. The number of carbonyl (C=O) groups excluding carboxylic acids is 1. The Morgan fingerprint density at radius 3 is 2.36 bits per heavy atom. The molecule has 2 N–H and O–H groups in total. The lowest BCUT2D eigenvalue weighted by molar-refractivity contribution is 0.0940. The van der Waals surface area contributed by atoms with E-state index in [9.17, 15) is 13.2 Å². The van der Waals surface area contributed by atoms with Crippen LogP contribution in [0.15, 0.2) is 36.4 Å². The fraction of sp³-hybridized carbons (Fsp3) is 0.278. The van der Waals surface area contributed by atoms with Crippen molar-refractivity contribution in [2.24, 2.45) is 0 Å². The highest BCUT2D eigenvalue weighted by molar-refractivity contribution is 7.92. The predicted octanol–water partition coefficient (Wildman–Crippen LogP) is 3.82. The number of halogens is 1. The molecule has 0 unspecified atom stereocenters. The van der Waals surface area contributed by atoms with Crippen LogP contribution in [0, 0.1) is 13.8 Å². The van der Waals surface area contributed by atoms with Gasteiger partial charge in [-0.1, -0.05) is 35.4 Å². The molecule has 7 heteroatoms. The molecule has 0 bridgehead atoms. The summed E-state index contributed by atoms with van der Waals surface area (Å²) in [6.07, 6.45) is 1.05. The molecule has 2 aromatic carbocycles. The maximum absolute atomic E-state index is 12.5. The van der Waals surface area contributed by atoms with Gasteiger partial charge in [0.2, 0.25) is 10.0 Å². The lowest BCUT2D eigenvalue weighted by Gasteiger charge is -2.18. The molecule has 0 aliphatic heterocycles. The highest BCUT2D eigenvalue weighted by atomic mass is 35.5. The molecule has 0 radical (unpaired) electrons. The minimum atomic E-state index is -3.40. The standard InChI is InChI=1S/C18H21ClN2O3S/c1-11-5-7-15(12(2)9-11)13(3)20-18(22)16-8-6-14(10-17(16)19)21-25(4,23)24/h5-10,13,21H,1-4H3,(H,20,22)/t13-/m0/s1. The zero-order chi connectivity index (χ0) is 18.8. The molecule has 0 aliphatic carbocycles. The van der Waals surface area contributed by atoms with E-state index in [2.05, 4.69) is 16.1 Å². The Morgan fingerprint density at radius 1 is 1.12 bits per heavy atom. The summed E-state index contributed by atoms with van der Waals surface area (Å²) in [5, 5.41) is 3.10. The molecule has 0 heterocycles. The van der Waals surface area contributed by atoms with Crippen LogP contribution in [0.5, 0.6) is 0 Å². The molecule has 0 aromatic heterocycles. The van der Waals surface area contributed by atoms with E-state index in [-0.39, 0.29) is 22.5 Å². The third kappa shape index (κ3) is 5.21. The minimum absolute atomic E-state index is 0.180. The van der Waals surface area contributed by atoms with Crippen molar-refractivity contribution in [2.45, 2.75) is 26.8 Å². The van der Waals surface area contributed by atoms with E-state index in [1.54, 1.807) is 0 Å². The first kappa shape index (κ1) is 19.3. The normalized spacial score (nSPS) is 12.5. The maximum atomic E-state index is 12.5. The number of hydrogen-bond acceptors (Lipinski definition) is 3. The van der Waals surface area contributed by atoms with Crippen LogP contribution < -0.4 is 10.0 Å². The third-order valence-electron chi connectivity index (χ3n) is 3.76. The average molecular weight is 381 g/mol. The quantitative estimate of drug-likeness (QED) is 0.827. The molecular formula is C18H21ClN2O3S. The Kier molecular flexibility index (Phi) is 5.75. The molecule has 0 aliphatic rings. The number of benzene rings is 2. The van der Waals surface area contributed by atoms with E-state index in [4.69, 9.17) is 11.6 Å². The van der Waals surface area contributed by atoms with Crippen LogP contribution in [0.4, 0.5) is 5.69 Å². The molecule has 0 saturated heterocycles. The number of carbonyl (C=O) groups is 1. The SMILES string of the molecule is Cc1ccc([C@H](C)NC(=O)c2ccc(NS(C)(=O)=O)cc2Cl)c(C)c1. The van der Waals surface area contributed by atoms with Crippen LogP contribution in [0.25, 0.3) is 0 Å². The Balaban J connectivity index is 2.17. The first-order valence-electron chi connectivity index (χ1n) is 7.72. The van der Waals surface area contributed by atoms with E-state index in [1.807, 2.05) is 32.9 Å². The Hall–Kier alpha value is -2.05. The third-order valence-corrected chi connectivity index (χ3v) is 4.68. The van der Waals surface area contributed by atoms with Crippen LogP contribution in [0.3, 0.4) is 0 Å². The number of hydrogen-bond donors (Lipinski definition) is 2. The van der Waals surface area contributed by atoms with Gasteiger partial charge in [0.05, 0.1) is 22.9 Å². The Bertz CT molecular complexity index is 911. The Labute approximate surface area is 153 Å². The zero-order valence-electron chi connectivity index (χ0n) is 14.6. The van der Waals surface area contributed by atoms with Gasteiger partial charge in [0.1, 0.15) is 0 Å². The van der Waals surface area contributed by atoms with Gasteiger partial charge in [0.15, 0.2) is 0 Å². The number of amides is 1. The summed E-state index contributed by atoms with van der Waals surface area (Å²) in [6.45, 7) is 5.93. The van der Waals surface area contributed by atoms with E-state index in [0.717, 1.165) is 22.9 Å². The van der Waals surface area contributed by atoms with Crippen LogP contribution in [-0.2, 0) is 10.0 Å². The van der Waals surface area contributed by atoms with Crippen LogP contribution in [0.2, 0.25) is 5.02 Å². The predicted molar refractivity (Wildman–Crippen MR) is 102 cm³/mol. The van der Waals surface area contributed by atoms with Crippen LogP contribution in [0.1, 0.15) is 40.0 Å². The number of aryl methyl sites for hydroxylation is 2. The number of nitrogens with one attached hydrogen (secondary N) is 2. The monoisotopic (exact) mass is 380 g/mol. The molecule has 0 spiro atoms. The van der Waals surface area contributed by atoms with Crippen molar-refractivity contribution < 1.29 is 13.2 Å². The lowest BCUT2D eigenvalue weighted by Crippen LogP contribution is -2.27. The second kappa shape index (κ2) is 7.45. The van der Waals surface area contributed by atoms with Gasteiger partial charge in [0.25, 0.3) is 5.91 Å². The minimum Gasteiger partial charge on any atom is -0.345 e. The zero-order valence-corrected chi connectivity index (χ0v) is 16.1.